The maximum atomic E-state index is 4.38. The minimum absolute atomic E-state index is 0.617. The van der Waals surface area contributed by atoms with Crippen molar-refractivity contribution in [3.05, 3.63) is 0 Å². The summed E-state index contributed by atoms with van der Waals surface area (Å²) in [6.07, 6.45) is 4.44. The van der Waals surface area contributed by atoms with Gasteiger partial charge in [0, 0.05) is 6.04 Å². The topological polar surface area (TPSA) is 24.1 Å². The van der Waals surface area contributed by atoms with Gasteiger partial charge in [0.1, 0.15) is 0 Å². The van der Waals surface area contributed by atoms with Crippen LogP contribution in [0, 0.1) is 0 Å². The number of thiol groups is 2. The van der Waals surface area contributed by atoms with Gasteiger partial charge in [-0.1, -0.05) is 8.28 Å². The van der Waals surface area contributed by atoms with Gasteiger partial charge in [-0.3, -0.25) is 4.72 Å². The van der Waals surface area contributed by atoms with Crippen LogP contribution in [0.3, 0.4) is 0 Å². The van der Waals surface area contributed by atoms with E-state index >= 15 is 0 Å². The highest BCUT2D eigenvalue weighted by atomic mass is 33.5. The molecule has 68 valence electrons. The van der Waals surface area contributed by atoms with Crippen LogP contribution in [0.2, 0.25) is 0 Å². The van der Waals surface area contributed by atoms with Crippen LogP contribution in [0.15, 0.2) is 0 Å². The molecule has 0 amide bonds. The van der Waals surface area contributed by atoms with Gasteiger partial charge in [0.2, 0.25) is 0 Å². The Hall–Kier alpha value is 0.970. The molecular weight excluding hydrogens is 196 g/mol. The molecule has 1 saturated heterocycles. The predicted molar refractivity (Wildman–Crippen MR) is 60.5 cm³/mol. The molecule has 5 heteroatoms. The molecule has 0 saturated carbocycles. The molecule has 1 heterocycles. The van der Waals surface area contributed by atoms with Gasteiger partial charge in [0.25, 0.3) is 0 Å². The Labute approximate surface area is 80.0 Å². The molecule has 1 rings (SSSR count). The molecule has 0 bridgehead atoms. The summed E-state index contributed by atoms with van der Waals surface area (Å²) in [6.45, 7) is 2.24. The summed E-state index contributed by atoms with van der Waals surface area (Å²) in [5, 5.41) is 3.32. The second kappa shape index (κ2) is 4.28. The minimum atomic E-state index is -1.11. The van der Waals surface area contributed by atoms with E-state index in [1.165, 1.54) is 12.8 Å². The smallest absolute Gasteiger partial charge is 0.0195 e. The maximum absolute atomic E-state index is 4.38. The first-order valence-corrected chi connectivity index (χ1v) is 7.94. The predicted octanol–water partition coefficient (Wildman–Crippen LogP) is 1.37. The number of hydrogen-bond donors (Lipinski definition) is 4. The van der Waals surface area contributed by atoms with Crippen LogP contribution in [-0.2, 0) is 0 Å². The van der Waals surface area contributed by atoms with E-state index in [0.717, 1.165) is 13.1 Å². The van der Waals surface area contributed by atoms with Crippen molar-refractivity contribution >= 4 is 31.6 Å². The Bertz CT molecular complexity index is 117. The van der Waals surface area contributed by atoms with E-state index in [4.69, 9.17) is 0 Å². The summed E-state index contributed by atoms with van der Waals surface area (Å²) in [5.41, 5.74) is 0. The highest BCUT2D eigenvalue weighted by molar-refractivity contribution is 9.17. The Morgan fingerprint density at radius 2 is 1.91 bits per heavy atom. The molecular formula is C6H16N2S3. The molecule has 1 fully saturated rings. The molecule has 2 nitrogen and oxygen atoms in total. The fourth-order valence-electron chi connectivity index (χ4n) is 1.26. The molecule has 0 aromatic heterocycles. The lowest BCUT2D eigenvalue weighted by molar-refractivity contribution is 0.439. The third-order valence-corrected chi connectivity index (χ3v) is 3.14. The first-order valence-electron chi connectivity index (χ1n) is 3.79. The quantitative estimate of drug-likeness (QED) is 0.410. The van der Waals surface area contributed by atoms with E-state index in [2.05, 4.69) is 33.4 Å². The van der Waals surface area contributed by atoms with Crippen molar-refractivity contribution in [3.8, 4) is 0 Å². The Morgan fingerprint density at radius 3 is 2.36 bits per heavy atom. The minimum Gasteiger partial charge on any atom is -0.317 e. The lowest BCUT2D eigenvalue weighted by Crippen LogP contribution is -2.39. The summed E-state index contributed by atoms with van der Waals surface area (Å²) in [5.74, 6) is 0. The highest BCUT2D eigenvalue weighted by Crippen LogP contribution is 2.49. The van der Waals surface area contributed by atoms with E-state index in [-0.39, 0.29) is 0 Å². The van der Waals surface area contributed by atoms with Crippen molar-refractivity contribution in [1.29, 1.82) is 0 Å². The second-order valence-corrected chi connectivity index (χ2v) is 10.1. The summed E-state index contributed by atoms with van der Waals surface area (Å²) in [7, 11) is -1.11. The molecule has 0 aliphatic carbocycles. The summed E-state index contributed by atoms with van der Waals surface area (Å²) in [4.78, 5) is 0. The highest BCUT2D eigenvalue weighted by Gasteiger charge is 2.17. The lowest BCUT2D eigenvalue weighted by Gasteiger charge is -2.32. The fourth-order valence-corrected chi connectivity index (χ4v) is 3.02. The molecule has 0 aromatic carbocycles. The van der Waals surface area contributed by atoms with E-state index in [1.807, 2.05) is 6.26 Å². The molecule has 0 radical (unpaired) electrons. The third kappa shape index (κ3) is 4.52. The first-order chi connectivity index (χ1) is 5.08. The summed E-state index contributed by atoms with van der Waals surface area (Å²) < 4.78 is 3.43. The van der Waals surface area contributed by atoms with Gasteiger partial charge >= 0.3 is 0 Å². The summed E-state index contributed by atoms with van der Waals surface area (Å²) >= 11 is 8.76. The molecule has 11 heavy (non-hydrogen) atoms. The molecule has 1 aliphatic rings. The number of nitrogens with one attached hydrogen (secondary N) is 2. The average molecular weight is 212 g/mol. The molecule has 1 aliphatic heterocycles. The third-order valence-electron chi connectivity index (χ3n) is 1.73. The zero-order valence-corrected chi connectivity index (χ0v) is 9.31. The Kier molecular flexibility index (Phi) is 3.91. The number of hydrogen-bond acceptors (Lipinski definition) is 4. The van der Waals surface area contributed by atoms with Gasteiger partial charge in [-0.25, -0.2) is 0 Å². The van der Waals surface area contributed by atoms with Crippen LogP contribution in [0.5, 0.6) is 0 Å². The van der Waals surface area contributed by atoms with Crippen LogP contribution in [0.1, 0.15) is 12.8 Å². The Morgan fingerprint density at radius 1 is 1.36 bits per heavy atom. The van der Waals surface area contributed by atoms with Gasteiger partial charge in [-0.05, 0) is 32.2 Å². The van der Waals surface area contributed by atoms with Crippen molar-refractivity contribution in [2.75, 3.05) is 19.3 Å². The second-order valence-electron chi connectivity index (χ2n) is 2.98. The van der Waals surface area contributed by atoms with Gasteiger partial charge in [-0.2, -0.15) is 0 Å². The van der Waals surface area contributed by atoms with Crippen molar-refractivity contribution < 1.29 is 0 Å². The maximum Gasteiger partial charge on any atom is 0.0195 e. The molecule has 0 spiro atoms. The van der Waals surface area contributed by atoms with Gasteiger partial charge in [0.15, 0.2) is 0 Å². The lowest BCUT2D eigenvalue weighted by atomic mass is 10.1. The summed E-state index contributed by atoms with van der Waals surface area (Å²) in [6, 6.07) is 0.617. The van der Waals surface area contributed by atoms with Crippen molar-refractivity contribution in [2.24, 2.45) is 0 Å². The van der Waals surface area contributed by atoms with E-state index in [1.54, 1.807) is 0 Å². The zero-order valence-electron chi connectivity index (χ0n) is 6.71. The standard InChI is InChI=1S/C6H16N2S3/c1-11(9,10)8-6-2-4-7-5-3-6/h6-10H,2-5H2,1H3. The SMILES string of the molecule is CS(S)(S)NC1CCNCC1. The van der Waals surface area contributed by atoms with Crippen LogP contribution in [0.25, 0.3) is 0 Å². The number of rotatable bonds is 2. The van der Waals surface area contributed by atoms with E-state index in [0.29, 0.717) is 6.04 Å². The van der Waals surface area contributed by atoms with Crippen LogP contribution in [0.4, 0.5) is 0 Å². The van der Waals surface area contributed by atoms with E-state index < -0.39 is 8.28 Å². The molecule has 0 aromatic rings. The first kappa shape index (κ1) is 10.1. The number of piperidine rings is 1. The Balaban J connectivity index is 2.24. The van der Waals surface area contributed by atoms with Crippen molar-refractivity contribution in [1.82, 2.24) is 10.0 Å². The van der Waals surface area contributed by atoms with Crippen LogP contribution in [-0.4, -0.2) is 25.4 Å². The van der Waals surface area contributed by atoms with Crippen LogP contribution >= 0.6 is 31.6 Å². The monoisotopic (exact) mass is 212 g/mol. The largest absolute Gasteiger partial charge is 0.317 e. The fraction of sp³-hybridized carbons (Fsp3) is 1.00. The van der Waals surface area contributed by atoms with Gasteiger partial charge in [-0.15, -0.1) is 23.3 Å². The normalized spacial score (nSPS) is 23.5. The van der Waals surface area contributed by atoms with Crippen LogP contribution < -0.4 is 10.0 Å². The van der Waals surface area contributed by atoms with Crippen molar-refractivity contribution in [2.45, 2.75) is 18.9 Å². The van der Waals surface area contributed by atoms with E-state index in [9.17, 15) is 0 Å². The van der Waals surface area contributed by atoms with Gasteiger partial charge in [0.05, 0.1) is 0 Å². The zero-order chi connectivity index (χ0) is 8.32. The average Bonchev–Trinajstić information content (AvgIpc) is 1.85. The molecule has 0 unspecified atom stereocenters. The van der Waals surface area contributed by atoms with Crippen molar-refractivity contribution in [3.63, 3.8) is 0 Å². The molecule has 2 N–H and O–H groups in total. The molecule has 0 atom stereocenters. The van der Waals surface area contributed by atoms with Gasteiger partial charge < -0.3 is 5.32 Å².